The lowest BCUT2D eigenvalue weighted by molar-refractivity contribution is 0.0939. The molecule has 0 saturated heterocycles. The van der Waals surface area contributed by atoms with E-state index in [2.05, 4.69) is 0 Å². The van der Waals surface area contributed by atoms with Crippen molar-refractivity contribution < 1.29 is 9.18 Å². The first-order valence-electron chi connectivity index (χ1n) is 6.93. The first-order valence-corrected chi connectivity index (χ1v) is 6.93. The average molecular weight is 248 g/mol. The summed E-state index contributed by atoms with van der Waals surface area (Å²) in [6, 6.07) is 5.03. The Kier molecular flexibility index (Phi) is 4.15. The Balaban J connectivity index is 2.21. The Hall–Kier alpha value is -1.18. The maximum Gasteiger partial charge on any atom is 0.165 e. The molecule has 2 heteroatoms. The van der Waals surface area contributed by atoms with Crippen molar-refractivity contribution in [1.82, 2.24) is 0 Å². The van der Waals surface area contributed by atoms with Crippen molar-refractivity contribution >= 4 is 5.78 Å². The van der Waals surface area contributed by atoms with Crippen LogP contribution in [-0.4, -0.2) is 5.78 Å². The minimum atomic E-state index is -0.201. The quantitative estimate of drug-likeness (QED) is 0.708. The molecular weight excluding hydrogens is 227 g/mol. The van der Waals surface area contributed by atoms with Gasteiger partial charge >= 0.3 is 0 Å². The Bertz CT molecular complexity index is 431. The standard InChI is InChI=1S/C16H21FO/c1-11(2)16(18)13-8-9-14(15(17)10-13)12-6-4-3-5-7-12/h8-12H,3-7H2,1-2H3. The highest BCUT2D eigenvalue weighted by atomic mass is 19.1. The second-order valence-electron chi connectivity index (χ2n) is 5.59. The molecule has 2 rings (SSSR count). The van der Waals surface area contributed by atoms with Gasteiger partial charge in [-0.15, -0.1) is 0 Å². The van der Waals surface area contributed by atoms with Crippen LogP contribution in [0.4, 0.5) is 4.39 Å². The predicted molar refractivity (Wildman–Crippen MR) is 71.4 cm³/mol. The summed E-state index contributed by atoms with van der Waals surface area (Å²) in [7, 11) is 0. The molecule has 1 aromatic rings. The zero-order valence-corrected chi connectivity index (χ0v) is 11.2. The molecule has 1 fully saturated rings. The van der Waals surface area contributed by atoms with Gasteiger partial charge < -0.3 is 0 Å². The van der Waals surface area contributed by atoms with Gasteiger partial charge in [0.1, 0.15) is 5.82 Å². The number of carbonyl (C=O) groups is 1. The minimum Gasteiger partial charge on any atom is -0.294 e. The number of carbonyl (C=O) groups excluding carboxylic acids is 1. The Morgan fingerprint density at radius 2 is 1.89 bits per heavy atom. The lowest BCUT2D eigenvalue weighted by atomic mass is 9.83. The second-order valence-corrected chi connectivity index (χ2v) is 5.59. The van der Waals surface area contributed by atoms with Crippen LogP contribution in [0.2, 0.25) is 0 Å². The molecule has 0 aromatic heterocycles. The van der Waals surface area contributed by atoms with E-state index in [1.165, 1.54) is 25.3 Å². The molecule has 1 aliphatic carbocycles. The Morgan fingerprint density at radius 1 is 1.22 bits per heavy atom. The molecule has 0 heterocycles. The molecule has 0 N–H and O–H groups in total. The van der Waals surface area contributed by atoms with Crippen molar-refractivity contribution in [2.45, 2.75) is 51.9 Å². The number of ketones is 1. The highest BCUT2D eigenvalue weighted by Crippen LogP contribution is 2.34. The van der Waals surface area contributed by atoms with Gasteiger partial charge in [0.05, 0.1) is 0 Å². The maximum atomic E-state index is 14.1. The SMILES string of the molecule is CC(C)C(=O)c1ccc(C2CCCCC2)c(F)c1. The lowest BCUT2D eigenvalue weighted by Crippen LogP contribution is -2.10. The van der Waals surface area contributed by atoms with Gasteiger partial charge in [0, 0.05) is 11.5 Å². The van der Waals surface area contributed by atoms with Crippen molar-refractivity contribution in [3.63, 3.8) is 0 Å². The molecule has 1 nitrogen and oxygen atoms in total. The fraction of sp³-hybridized carbons (Fsp3) is 0.562. The smallest absolute Gasteiger partial charge is 0.165 e. The van der Waals surface area contributed by atoms with E-state index < -0.39 is 0 Å². The maximum absolute atomic E-state index is 14.1. The molecular formula is C16H21FO. The summed E-state index contributed by atoms with van der Waals surface area (Å²) in [6.45, 7) is 3.69. The van der Waals surface area contributed by atoms with E-state index in [9.17, 15) is 9.18 Å². The fourth-order valence-electron chi connectivity index (χ4n) is 2.76. The van der Waals surface area contributed by atoms with Crippen molar-refractivity contribution in [3.05, 3.63) is 35.1 Å². The number of rotatable bonds is 3. The van der Waals surface area contributed by atoms with Crippen LogP contribution in [0, 0.1) is 11.7 Å². The van der Waals surface area contributed by atoms with E-state index in [1.807, 2.05) is 19.9 Å². The summed E-state index contributed by atoms with van der Waals surface area (Å²) in [6.07, 6.45) is 5.80. The molecule has 0 radical (unpaired) electrons. The van der Waals surface area contributed by atoms with E-state index in [4.69, 9.17) is 0 Å². The summed E-state index contributed by atoms with van der Waals surface area (Å²) in [5, 5.41) is 0. The Labute approximate surface area is 108 Å². The van der Waals surface area contributed by atoms with Crippen LogP contribution in [-0.2, 0) is 0 Å². The number of halogens is 1. The fourth-order valence-corrected chi connectivity index (χ4v) is 2.76. The minimum absolute atomic E-state index is 0.0177. The van der Waals surface area contributed by atoms with Crippen LogP contribution < -0.4 is 0 Å². The normalized spacial score (nSPS) is 17.1. The molecule has 18 heavy (non-hydrogen) atoms. The molecule has 0 bridgehead atoms. The molecule has 0 spiro atoms. The van der Waals surface area contributed by atoms with Crippen LogP contribution in [0.5, 0.6) is 0 Å². The van der Waals surface area contributed by atoms with Gasteiger partial charge in [-0.25, -0.2) is 4.39 Å². The third-order valence-electron chi connectivity index (χ3n) is 3.85. The molecule has 0 unspecified atom stereocenters. The molecule has 98 valence electrons. The summed E-state index contributed by atoms with van der Waals surface area (Å²) in [5.41, 5.74) is 1.30. The van der Waals surface area contributed by atoms with Crippen molar-refractivity contribution in [2.24, 2.45) is 5.92 Å². The molecule has 1 aromatic carbocycles. The van der Waals surface area contributed by atoms with E-state index in [0.29, 0.717) is 11.5 Å². The first kappa shape index (κ1) is 13.3. The second kappa shape index (κ2) is 5.64. The molecule has 0 amide bonds. The zero-order valence-electron chi connectivity index (χ0n) is 11.2. The summed E-state index contributed by atoms with van der Waals surface area (Å²) in [5.74, 6) is 0.0874. The largest absolute Gasteiger partial charge is 0.294 e. The van der Waals surface area contributed by atoms with Gasteiger partial charge in [0.15, 0.2) is 5.78 Å². The van der Waals surface area contributed by atoms with Gasteiger partial charge in [-0.1, -0.05) is 45.2 Å². The van der Waals surface area contributed by atoms with Crippen LogP contribution >= 0.6 is 0 Å². The van der Waals surface area contributed by atoms with Crippen LogP contribution in [0.25, 0.3) is 0 Å². The van der Waals surface area contributed by atoms with E-state index in [-0.39, 0.29) is 17.5 Å². The van der Waals surface area contributed by atoms with E-state index in [1.54, 1.807) is 6.07 Å². The number of benzene rings is 1. The molecule has 0 aliphatic heterocycles. The molecule has 1 saturated carbocycles. The van der Waals surface area contributed by atoms with Gasteiger partial charge in [0.25, 0.3) is 0 Å². The van der Waals surface area contributed by atoms with Gasteiger partial charge in [-0.2, -0.15) is 0 Å². The van der Waals surface area contributed by atoms with Crippen LogP contribution in [0.3, 0.4) is 0 Å². The van der Waals surface area contributed by atoms with Gasteiger partial charge in [-0.05, 0) is 30.4 Å². The zero-order chi connectivity index (χ0) is 13.1. The van der Waals surface area contributed by atoms with E-state index in [0.717, 1.165) is 18.4 Å². The van der Waals surface area contributed by atoms with Crippen LogP contribution in [0.1, 0.15) is 67.8 Å². The van der Waals surface area contributed by atoms with Crippen molar-refractivity contribution in [2.75, 3.05) is 0 Å². The summed E-state index contributed by atoms with van der Waals surface area (Å²) < 4.78 is 14.1. The van der Waals surface area contributed by atoms with Crippen molar-refractivity contribution in [3.8, 4) is 0 Å². The van der Waals surface area contributed by atoms with Gasteiger partial charge in [0.2, 0.25) is 0 Å². The topological polar surface area (TPSA) is 17.1 Å². The molecule has 1 aliphatic rings. The average Bonchev–Trinajstić information content (AvgIpc) is 2.38. The van der Waals surface area contributed by atoms with Crippen LogP contribution in [0.15, 0.2) is 18.2 Å². The summed E-state index contributed by atoms with van der Waals surface area (Å²) >= 11 is 0. The third-order valence-corrected chi connectivity index (χ3v) is 3.85. The first-order chi connectivity index (χ1) is 8.59. The number of hydrogen-bond donors (Lipinski definition) is 0. The predicted octanol–water partition coefficient (Wildman–Crippen LogP) is 4.71. The Morgan fingerprint density at radius 3 is 2.44 bits per heavy atom. The number of Topliss-reactive ketones (excluding diaryl/α,β-unsaturated/α-hetero) is 1. The molecule has 0 atom stereocenters. The van der Waals surface area contributed by atoms with Gasteiger partial charge in [-0.3, -0.25) is 4.79 Å². The summed E-state index contributed by atoms with van der Waals surface area (Å²) in [4.78, 5) is 11.8. The monoisotopic (exact) mass is 248 g/mol. The number of hydrogen-bond acceptors (Lipinski definition) is 1. The van der Waals surface area contributed by atoms with E-state index >= 15 is 0 Å². The van der Waals surface area contributed by atoms with Crippen molar-refractivity contribution in [1.29, 1.82) is 0 Å². The lowest BCUT2D eigenvalue weighted by Gasteiger charge is -2.22. The highest BCUT2D eigenvalue weighted by molar-refractivity contribution is 5.97. The third kappa shape index (κ3) is 2.80. The highest BCUT2D eigenvalue weighted by Gasteiger charge is 2.20.